The molecule has 1 aromatic heterocycles. The first-order valence-corrected chi connectivity index (χ1v) is 4.32. The summed E-state index contributed by atoms with van der Waals surface area (Å²) in [5.41, 5.74) is 12.1. The molecule has 4 N–H and O–H groups in total. The highest BCUT2D eigenvalue weighted by atomic mass is 35.5. The molecule has 0 fully saturated rings. The minimum absolute atomic E-state index is 0. The molecule has 86 valence electrons. The minimum Gasteiger partial charge on any atom is -0.384 e. The van der Waals surface area contributed by atoms with Crippen molar-refractivity contribution < 1.29 is 0 Å². The van der Waals surface area contributed by atoms with Gasteiger partial charge in [0.1, 0.15) is 5.82 Å². The lowest BCUT2D eigenvalue weighted by atomic mass is 10.2. The van der Waals surface area contributed by atoms with Gasteiger partial charge in [-0.2, -0.15) is 0 Å². The fourth-order valence-electron chi connectivity index (χ4n) is 0.934. The van der Waals surface area contributed by atoms with Gasteiger partial charge in [0.15, 0.2) is 0 Å². The van der Waals surface area contributed by atoms with Gasteiger partial charge in [-0.3, -0.25) is 0 Å². The maximum Gasteiger partial charge on any atom is 0.123 e. The highest BCUT2D eigenvalue weighted by molar-refractivity contribution is 5.85. The van der Waals surface area contributed by atoms with Crippen LogP contribution in [0.15, 0.2) is 24.4 Å². The van der Waals surface area contributed by atoms with E-state index >= 15 is 0 Å². The molecule has 15 heavy (non-hydrogen) atoms. The summed E-state index contributed by atoms with van der Waals surface area (Å²) in [7, 11) is 0. The Hall–Kier alpha value is -0.770. The van der Waals surface area contributed by atoms with Crippen LogP contribution in [-0.4, -0.2) is 11.0 Å². The second kappa shape index (κ2) is 8.53. The molecule has 5 heteroatoms. The predicted molar refractivity (Wildman–Crippen MR) is 70.4 cm³/mol. The second-order valence-electron chi connectivity index (χ2n) is 3.13. The van der Waals surface area contributed by atoms with E-state index in [1.807, 2.05) is 25.1 Å². The van der Waals surface area contributed by atoms with Crippen LogP contribution in [0.5, 0.6) is 0 Å². The van der Waals surface area contributed by atoms with E-state index in [1.165, 1.54) is 0 Å². The monoisotopic (exact) mass is 249 g/mol. The number of nitrogen functional groups attached to an aromatic ring is 1. The third-order valence-corrected chi connectivity index (χ3v) is 1.63. The van der Waals surface area contributed by atoms with Gasteiger partial charge in [-0.05, 0) is 31.0 Å². The molecule has 0 bridgehead atoms. The van der Waals surface area contributed by atoms with Crippen LogP contribution in [0, 0.1) is 0 Å². The molecule has 1 aromatic rings. The first-order valence-electron chi connectivity index (χ1n) is 4.32. The molecule has 0 amide bonds. The molecule has 1 atom stereocenters. The lowest BCUT2D eigenvalue weighted by Gasteiger charge is -1.97. The average Bonchev–Trinajstić information content (AvgIpc) is 2.08. The SMILES string of the molecule is C[C@H](N)C/C=C/c1ccc(N)nc1.Cl.Cl. The van der Waals surface area contributed by atoms with Crippen molar-refractivity contribution in [3.05, 3.63) is 30.0 Å². The quantitative estimate of drug-likeness (QED) is 0.864. The standard InChI is InChI=1S/C10H15N3.2ClH/c1-8(11)3-2-4-9-5-6-10(12)13-7-9;;/h2,4-8H,3,11H2,1H3,(H2,12,13);2*1H/b4-2+;;/t8-;;/m0../s1. The van der Waals surface area contributed by atoms with Crippen molar-refractivity contribution in [3.8, 4) is 0 Å². The largest absolute Gasteiger partial charge is 0.384 e. The smallest absolute Gasteiger partial charge is 0.123 e. The van der Waals surface area contributed by atoms with Gasteiger partial charge >= 0.3 is 0 Å². The number of halogens is 2. The van der Waals surface area contributed by atoms with Crippen LogP contribution in [0.2, 0.25) is 0 Å². The lowest BCUT2D eigenvalue weighted by molar-refractivity contribution is 0.759. The second-order valence-corrected chi connectivity index (χ2v) is 3.13. The third-order valence-electron chi connectivity index (χ3n) is 1.63. The third kappa shape index (κ3) is 7.19. The number of hydrogen-bond donors (Lipinski definition) is 2. The Morgan fingerprint density at radius 2 is 2.07 bits per heavy atom. The Kier molecular flexibility index (Phi) is 9.47. The molecular formula is C10H17Cl2N3. The van der Waals surface area contributed by atoms with Gasteiger partial charge in [0.2, 0.25) is 0 Å². The molecule has 0 unspecified atom stereocenters. The molecule has 0 aliphatic carbocycles. The fourth-order valence-corrected chi connectivity index (χ4v) is 0.934. The van der Waals surface area contributed by atoms with Crippen molar-refractivity contribution >= 4 is 36.7 Å². The molecule has 3 nitrogen and oxygen atoms in total. The zero-order valence-electron chi connectivity index (χ0n) is 8.59. The van der Waals surface area contributed by atoms with Crippen LogP contribution in [0.3, 0.4) is 0 Å². The van der Waals surface area contributed by atoms with E-state index in [-0.39, 0.29) is 30.9 Å². The van der Waals surface area contributed by atoms with Crippen molar-refractivity contribution in [2.24, 2.45) is 5.73 Å². The van der Waals surface area contributed by atoms with Crippen LogP contribution in [0.4, 0.5) is 5.82 Å². The van der Waals surface area contributed by atoms with Gasteiger partial charge < -0.3 is 11.5 Å². The van der Waals surface area contributed by atoms with Crippen molar-refractivity contribution in [3.63, 3.8) is 0 Å². The summed E-state index contributed by atoms with van der Waals surface area (Å²) in [5.74, 6) is 0.546. The van der Waals surface area contributed by atoms with E-state index in [1.54, 1.807) is 12.3 Å². The lowest BCUT2D eigenvalue weighted by Crippen LogP contribution is -2.12. The number of hydrogen-bond acceptors (Lipinski definition) is 3. The number of aromatic nitrogens is 1. The van der Waals surface area contributed by atoms with Gasteiger partial charge in [-0.1, -0.05) is 12.2 Å². The van der Waals surface area contributed by atoms with E-state index < -0.39 is 0 Å². The Morgan fingerprint density at radius 3 is 2.53 bits per heavy atom. The summed E-state index contributed by atoms with van der Waals surface area (Å²) in [4.78, 5) is 3.97. The van der Waals surface area contributed by atoms with E-state index in [2.05, 4.69) is 4.98 Å². The van der Waals surface area contributed by atoms with Crippen LogP contribution in [0.1, 0.15) is 18.9 Å². The normalized spacial score (nSPS) is 11.6. The number of nitrogens with zero attached hydrogens (tertiary/aromatic N) is 1. The Labute approximate surface area is 103 Å². The first kappa shape index (κ1) is 16.7. The van der Waals surface area contributed by atoms with Gasteiger partial charge in [-0.25, -0.2) is 4.98 Å². The van der Waals surface area contributed by atoms with E-state index in [4.69, 9.17) is 11.5 Å². The van der Waals surface area contributed by atoms with Gasteiger partial charge in [0.25, 0.3) is 0 Å². The molecule has 0 aliphatic heterocycles. The maximum absolute atomic E-state index is 5.59. The van der Waals surface area contributed by atoms with Crippen LogP contribution in [-0.2, 0) is 0 Å². The molecule has 0 aromatic carbocycles. The van der Waals surface area contributed by atoms with Crippen molar-refractivity contribution in [2.45, 2.75) is 19.4 Å². The first-order chi connectivity index (χ1) is 6.18. The highest BCUT2D eigenvalue weighted by Gasteiger charge is 1.89. The van der Waals surface area contributed by atoms with Crippen molar-refractivity contribution in [1.82, 2.24) is 4.98 Å². The molecular weight excluding hydrogens is 233 g/mol. The fraction of sp³-hybridized carbons (Fsp3) is 0.300. The predicted octanol–water partition coefficient (Wildman–Crippen LogP) is 2.26. The Balaban J connectivity index is 0. The van der Waals surface area contributed by atoms with Crippen molar-refractivity contribution in [1.29, 1.82) is 0 Å². The van der Waals surface area contributed by atoms with Gasteiger partial charge in [0, 0.05) is 12.2 Å². The summed E-state index contributed by atoms with van der Waals surface area (Å²) in [5, 5.41) is 0. The molecule has 1 heterocycles. The minimum atomic E-state index is 0. The van der Waals surface area contributed by atoms with Crippen LogP contribution in [0.25, 0.3) is 6.08 Å². The van der Waals surface area contributed by atoms with E-state index in [9.17, 15) is 0 Å². The summed E-state index contributed by atoms with van der Waals surface area (Å²) < 4.78 is 0. The molecule has 0 spiro atoms. The Bertz CT molecular complexity index is 283. The average molecular weight is 250 g/mol. The summed E-state index contributed by atoms with van der Waals surface area (Å²) >= 11 is 0. The van der Waals surface area contributed by atoms with Gasteiger partial charge in [-0.15, -0.1) is 24.8 Å². The highest BCUT2D eigenvalue weighted by Crippen LogP contribution is 2.04. The summed E-state index contributed by atoms with van der Waals surface area (Å²) in [6.07, 6.45) is 6.66. The molecule has 0 saturated carbocycles. The molecule has 0 aliphatic rings. The number of anilines is 1. The van der Waals surface area contributed by atoms with E-state index in [0.29, 0.717) is 5.82 Å². The van der Waals surface area contributed by atoms with Gasteiger partial charge in [0.05, 0.1) is 0 Å². The molecule has 0 saturated heterocycles. The summed E-state index contributed by atoms with van der Waals surface area (Å²) in [6, 6.07) is 3.92. The number of nitrogens with two attached hydrogens (primary N) is 2. The van der Waals surface area contributed by atoms with Crippen LogP contribution >= 0.6 is 24.8 Å². The number of pyridine rings is 1. The Morgan fingerprint density at radius 1 is 1.40 bits per heavy atom. The van der Waals surface area contributed by atoms with Crippen molar-refractivity contribution in [2.75, 3.05) is 5.73 Å². The molecule has 0 radical (unpaired) electrons. The van der Waals surface area contributed by atoms with Crippen LogP contribution < -0.4 is 11.5 Å². The molecule has 1 rings (SSSR count). The number of rotatable bonds is 3. The maximum atomic E-state index is 5.59. The summed E-state index contributed by atoms with van der Waals surface area (Å²) in [6.45, 7) is 1.98. The zero-order valence-corrected chi connectivity index (χ0v) is 10.2. The topological polar surface area (TPSA) is 64.9 Å². The van der Waals surface area contributed by atoms with E-state index in [0.717, 1.165) is 12.0 Å². The zero-order chi connectivity index (χ0) is 9.68.